The highest BCUT2D eigenvalue weighted by Crippen LogP contribution is 2.32. The van der Waals surface area contributed by atoms with Crippen LogP contribution in [0.3, 0.4) is 0 Å². The van der Waals surface area contributed by atoms with E-state index in [4.69, 9.17) is 0 Å². The van der Waals surface area contributed by atoms with Gasteiger partial charge in [-0.1, -0.05) is 19.3 Å². The number of hydrogen-bond donors (Lipinski definition) is 1. The average Bonchev–Trinajstić information content (AvgIpc) is 2.95. The van der Waals surface area contributed by atoms with E-state index in [9.17, 15) is 0 Å². The zero-order valence-electron chi connectivity index (χ0n) is 10.0. The van der Waals surface area contributed by atoms with E-state index in [1.165, 1.54) is 56.6 Å². The van der Waals surface area contributed by atoms with Crippen LogP contribution in [0, 0.1) is 11.8 Å². The summed E-state index contributed by atoms with van der Waals surface area (Å²) >= 11 is 2.14. The number of nitrogens with one attached hydrogen (secondary N) is 1. The fourth-order valence-corrected chi connectivity index (χ4v) is 3.32. The van der Waals surface area contributed by atoms with Crippen molar-refractivity contribution in [3.8, 4) is 0 Å². The zero-order chi connectivity index (χ0) is 10.5. The lowest BCUT2D eigenvalue weighted by molar-refractivity contribution is 0.267. The molecule has 0 amide bonds. The van der Waals surface area contributed by atoms with Crippen molar-refractivity contribution >= 4 is 11.8 Å². The molecule has 1 atom stereocenters. The predicted molar refractivity (Wildman–Crippen MR) is 69.5 cm³/mol. The molecule has 0 spiro atoms. The summed E-state index contributed by atoms with van der Waals surface area (Å²) in [6.07, 6.45) is 8.86. The Bertz CT molecular complexity index is 175. The van der Waals surface area contributed by atoms with Gasteiger partial charge in [-0.15, -0.1) is 0 Å². The first-order valence-electron chi connectivity index (χ1n) is 6.65. The Balaban J connectivity index is 1.38. The Kier molecular flexibility index (Phi) is 4.83. The minimum Gasteiger partial charge on any atom is -0.313 e. The Hall–Kier alpha value is 0.310. The minimum absolute atomic E-state index is 0.747. The van der Waals surface area contributed by atoms with Gasteiger partial charge in [-0.25, -0.2) is 0 Å². The van der Waals surface area contributed by atoms with Crippen molar-refractivity contribution in [1.82, 2.24) is 5.32 Å². The van der Waals surface area contributed by atoms with Crippen molar-refractivity contribution in [2.45, 2.75) is 51.5 Å². The third kappa shape index (κ3) is 4.78. The van der Waals surface area contributed by atoms with Crippen LogP contribution in [0.25, 0.3) is 0 Å². The highest BCUT2D eigenvalue weighted by Gasteiger charge is 2.21. The Morgan fingerprint density at radius 3 is 2.60 bits per heavy atom. The molecule has 1 nitrogen and oxygen atoms in total. The lowest BCUT2D eigenvalue weighted by atomic mass is 9.81. The summed E-state index contributed by atoms with van der Waals surface area (Å²) < 4.78 is 0. The van der Waals surface area contributed by atoms with Crippen LogP contribution in [0.1, 0.15) is 45.4 Å². The Labute approximate surface area is 98.8 Å². The van der Waals surface area contributed by atoms with Crippen LogP contribution in [0.4, 0.5) is 0 Å². The summed E-state index contributed by atoms with van der Waals surface area (Å²) in [7, 11) is 0. The highest BCUT2D eigenvalue weighted by molar-refractivity contribution is 7.99. The van der Waals surface area contributed by atoms with Crippen molar-refractivity contribution in [3.05, 3.63) is 0 Å². The second-order valence-corrected chi connectivity index (χ2v) is 6.56. The molecule has 0 heterocycles. The molecule has 1 N–H and O–H groups in total. The molecule has 0 aliphatic heterocycles. The molecule has 2 saturated carbocycles. The zero-order valence-corrected chi connectivity index (χ0v) is 10.8. The van der Waals surface area contributed by atoms with E-state index < -0.39 is 0 Å². The fraction of sp³-hybridized carbons (Fsp3) is 1.00. The summed E-state index contributed by atoms with van der Waals surface area (Å²) in [5, 5.41) is 3.66. The average molecular weight is 227 g/mol. The first-order chi connectivity index (χ1) is 7.34. The molecule has 0 saturated heterocycles. The quantitative estimate of drug-likeness (QED) is 0.639. The molecule has 15 heavy (non-hydrogen) atoms. The van der Waals surface area contributed by atoms with Gasteiger partial charge in [0.1, 0.15) is 0 Å². The van der Waals surface area contributed by atoms with Crippen molar-refractivity contribution in [3.63, 3.8) is 0 Å². The van der Waals surface area contributed by atoms with Crippen LogP contribution in [0.15, 0.2) is 0 Å². The van der Waals surface area contributed by atoms with Gasteiger partial charge in [-0.3, -0.25) is 0 Å². The maximum absolute atomic E-state index is 3.66. The van der Waals surface area contributed by atoms with Crippen LogP contribution in [-0.4, -0.2) is 24.1 Å². The first kappa shape index (κ1) is 11.8. The first-order valence-corrected chi connectivity index (χ1v) is 7.81. The van der Waals surface area contributed by atoms with E-state index in [2.05, 4.69) is 24.0 Å². The standard InChI is InChI=1S/C13H25NS/c1-11(9-12-3-2-4-12)14-7-8-15-10-13-5-6-13/h11-14H,2-10H2,1H3. The molecule has 2 heteroatoms. The summed E-state index contributed by atoms with van der Waals surface area (Å²) in [4.78, 5) is 0. The van der Waals surface area contributed by atoms with Gasteiger partial charge in [-0.2, -0.15) is 11.8 Å². The minimum atomic E-state index is 0.747. The Morgan fingerprint density at radius 2 is 2.00 bits per heavy atom. The maximum atomic E-state index is 3.66. The molecule has 1 unspecified atom stereocenters. The SMILES string of the molecule is CC(CC1CCC1)NCCSCC1CC1. The monoisotopic (exact) mass is 227 g/mol. The topological polar surface area (TPSA) is 12.0 Å². The summed E-state index contributed by atoms with van der Waals surface area (Å²) in [6, 6.07) is 0.747. The lowest BCUT2D eigenvalue weighted by Crippen LogP contribution is -2.31. The van der Waals surface area contributed by atoms with Gasteiger partial charge < -0.3 is 5.32 Å². The second kappa shape index (κ2) is 6.15. The molecule has 2 fully saturated rings. The van der Waals surface area contributed by atoms with Crippen molar-refractivity contribution in [1.29, 1.82) is 0 Å². The molecule has 0 aromatic carbocycles. The van der Waals surface area contributed by atoms with E-state index >= 15 is 0 Å². The molecule has 0 radical (unpaired) electrons. The van der Waals surface area contributed by atoms with Crippen LogP contribution in [0.2, 0.25) is 0 Å². The van der Waals surface area contributed by atoms with E-state index in [1.807, 2.05) is 0 Å². The van der Waals surface area contributed by atoms with Gasteiger partial charge in [-0.05, 0) is 43.8 Å². The third-order valence-electron chi connectivity index (χ3n) is 3.70. The third-order valence-corrected chi connectivity index (χ3v) is 4.90. The number of rotatable bonds is 8. The number of hydrogen-bond acceptors (Lipinski definition) is 2. The smallest absolute Gasteiger partial charge is 0.00583 e. The van der Waals surface area contributed by atoms with E-state index in [1.54, 1.807) is 0 Å². The van der Waals surface area contributed by atoms with Crippen LogP contribution >= 0.6 is 11.8 Å². The lowest BCUT2D eigenvalue weighted by Gasteiger charge is -2.28. The van der Waals surface area contributed by atoms with Gasteiger partial charge >= 0.3 is 0 Å². The molecule has 0 aromatic heterocycles. The highest BCUT2D eigenvalue weighted by atomic mass is 32.2. The largest absolute Gasteiger partial charge is 0.313 e. The number of thioether (sulfide) groups is 1. The molecule has 88 valence electrons. The van der Waals surface area contributed by atoms with Gasteiger partial charge in [0, 0.05) is 18.3 Å². The summed E-state index contributed by atoms with van der Waals surface area (Å²) in [6.45, 7) is 3.56. The van der Waals surface area contributed by atoms with Gasteiger partial charge in [0.15, 0.2) is 0 Å². The van der Waals surface area contributed by atoms with Gasteiger partial charge in [0.25, 0.3) is 0 Å². The summed E-state index contributed by atoms with van der Waals surface area (Å²) in [5.41, 5.74) is 0. The van der Waals surface area contributed by atoms with Gasteiger partial charge in [0.05, 0.1) is 0 Å². The predicted octanol–water partition coefficient (Wildman–Crippen LogP) is 3.30. The van der Waals surface area contributed by atoms with Crippen molar-refractivity contribution < 1.29 is 0 Å². The van der Waals surface area contributed by atoms with E-state index in [0.717, 1.165) is 17.9 Å². The fourth-order valence-electron chi connectivity index (χ4n) is 2.22. The molecular formula is C13H25NS. The van der Waals surface area contributed by atoms with Gasteiger partial charge in [0.2, 0.25) is 0 Å². The second-order valence-electron chi connectivity index (χ2n) is 5.41. The molecule has 2 aliphatic rings. The van der Waals surface area contributed by atoms with E-state index in [0.29, 0.717) is 0 Å². The summed E-state index contributed by atoms with van der Waals surface area (Å²) in [5.74, 6) is 4.86. The normalized spacial score (nSPS) is 23.8. The van der Waals surface area contributed by atoms with E-state index in [-0.39, 0.29) is 0 Å². The Morgan fingerprint density at radius 1 is 1.20 bits per heavy atom. The van der Waals surface area contributed by atoms with Crippen LogP contribution in [0.5, 0.6) is 0 Å². The van der Waals surface area contributed by atoms with Crippen molar-refractivity contribution in [2.75, 3.05) is 18.1 Å². The molecule has 2 rings (SSSR count). The van der Waals surface area contributed by atoms with Crippen LogP contribution in [-0.2, 0) is 0 Å². The molecule has 0 bridgehead atoms. The molecule has 0 aromatic rings. The van der Waals surface area contributed by atoms with Crippen LogP contribution < -0.4 is 5.32 Å². The molecule has 2 aliphatic carbocycles. The maximum Gasteiger partial charge on any atom is 0.00583 e. The van der Waals surface area contributed by atoms with Crippen molar-refractivity contribution in [2.24, 2.45) is 11.8 Å². The molecular weight excluding hydrogens is 202 g/mol.